The molecule has 3 heterocycles. The highest BCUT2D eigenvalue weighted by Crippen LogP contribution is 2.66. The highest BCUT2D eigenvalue weighted by Gasteiger charge is 2.76. The number of carbonyl (C=O) groups is 4. The number of non-ortho nitro benzene ring substituents is 1. The Labute approximate surface area is 344 Å². The zero-order valence-electron chi connectivity index (χ0n) is 32.1. The second-order valence-electron chi connectivity index (χ2n) is 14.5. The minimum absolute atomic E-state index is 0.0294. The highest BCUT2D eigenvalue weighted by molar-refractivity contribution is 6.23. The van der Waals surface area contributed by atoms with Gasteiger partial charge in [0, 0.05) is 12.1 Å². The van der Waals surface area contributed by atoms with Crippen LogP contribution < -0.4 is 9.64 Å². The first-order valence-corrected chi connectivity index (χ1v) is 19.2. The summed E-state index contributed by atoms with van der Waals surface area (Å²) in [5.41, 5.74) is 0.571. The molecule has 1 N–H and O–H groups in total. The number of nitro benzene ring substituents is 1. The van der Waals surface area contributed by atoms with Gasteiger partial charge in [-0.25, -0.2) is 9.69 Å². The predicted molar refractivity (Wildman–Crippen MR) is 215 cm³/mol. The van der Waals surface area contributed by atoms with Crippen molar-refractivity contribution in [1.29, 1.82) is 0 Å². The van der Waals surface area contributed by atoms with Crippen molar-refractivity contribution in [3.05, 3.63) is 184 Å². The summed E-state index contributed by atoms with van der Waals surface area (Å²) in [6, 6.07) is 34.0. The third kappa shape index (κ3) is 6.74. The Balaban J connectivity index is 1.35. The molecule has 0 radical (unpaired) electrons. The fraction of sp³-hybridized carbons (Fsp3) is 0.217. The molecule has 2 saturated heterocycles. The number of rotatable bonds is 12. The highest BCUT2D eigenvalue weighted by atomic mass is 16.6. The number of esters is 2. The maximum atomic E-state index is 15.9. The lowest BCUT2D eigenvalue weighted by molar-refractivity contribution is -0.384. The topological polar surface area (TPSA) is 175 Å². The van der Waals surface area contributed by atoms with Crippen LogP contribution in [0.5, 0.6) is 5.75 Å². The quantitative estimate of drug-likeness (QED) is 0.0465. The van der Waals surface area contributed by atoms with Gasteiger partial charge in [0.15, 0.2) is 0 Å². The van der Waals surface area contributed by atoms with Crippen molar-refractivity contribution in [2.75, 3.05) is 24.7 Å². The maximum absolute atomic E-state index is 15.9. The molecule has 5 aromatic rings. The van der Waals surface area contributed by atoms with E-state index in [0.29, 0.717) is 22.4 Å². The van der Waals surface area contributed by atoms with Crippen LogP contribution in [0, 0.1) is 16.0 Å². The number of anilines is 1. The van der Waals surface area contributed by atoms with Crippen molar-refractivity contribution < 1.29 is 48.2 Å². The number of aliphatic hydroxyl groups excluding tert-OH is 1. The SMILES string of the molecule is C=CCOC(=O)[C@H]1[C@@H]2C(=O)O[C@@H](c3ccccc3)[C@@H](c3ccccc3)N2[C@@H](c2ccc(OCCO)cc2)[C@]12C(=O)N(C(=O)OCc1ccc([N+](=O)[O-])cc1)c1ccccc12. The second kappa shape index (κ2) is 16.6. The van der Waals surface area contributed by atoms with Gasteiger partial charge in [-0.2, -0.15) is 0 Å². The number of hydrogen-bond acceptors (Lipinski definition) is 12. The van der Waals surface area contributed by atoms with Gasteiger partial charge in [-0.15, -0.1) is 0 Å². The van der Waals surface area contributed by atoms with E-state index >= 15 is 4.79 Å². The van der Waals surface area contributed by atoms with E-state index in [1.807, 2.05) is 65.6 Å². The van der Waals surface area contributed by atoms with E-state index in [0.717, 1.165) is 10.5 Å². The van der Waals surface area contributed by atoms with Gasteiger partial charge >= 0.3 is 18.0 Å². The molecule has 2 fully saturated rings. The average Bonchev–Trinajstić information content (AvgIpc) is 3.74. The summed E-state index contributed by atoms with van der Waals surface area (Å²) in [6.07, 6.45) is -0.605. The van der Waals surface area contributed by atoms with Crippen LogP contribution in [-0.4, -0.2) is 64.7 Å². The number of morpholine rings is 1. The lowest BCUT2D eigenvalue weighted by Crippen LogP contribution is -2.53. The number of cyclic esters (lactones) is 1. The lowest BCUT2D eigenvalue weighted by Gasteiger charge is -2.46. The lowest BCUT2D eigenvalue weighted by atomic mass is 9.65. The number of amides is 2. The molecule has 14 heteroatoms. The first-order chi connectivity index (χ1) is 29.2. The standard InChI is InChI=1S/C46H39N3O11/c1-2-26-58-42(51)37-39-43(52)60-40(31-13-7-4-8-14-31)38(30-11-5-3-6-12-30)48(39)41(32-19-23-34(24-20-32)57-27-25-50)46(37)35-15-9-10-16-36(35)47(44(46)53)45(54)59-28-29-17-21-33(22-18-29)49(55)56/h2-24,37-41,50H,1,25-28H2/t37-,38-,39-,40+,41+,46-/m1/s1. The molecular formula is C46H39N3O11. The second-order valence-corrected chi connectivity index (χ2v) is 14.5. The minimum atomic E-state index is -2.02. The zero-order chi connectivity index (χ0) is 42.0. The molecule has 1 spiro atoms. The van der Waals surface area contributed by atoms with Crippen LogP contribution in [0.15, 0.2) is 146 Å². The van der Waals surface area contributed by atoms with Crippen LogP contribution in [0.3, 0.4) is 0 Å². The van der Waals surface area contributed by atoms with Crippen LogP contribution in [0.2, 0.25) is 0 Å². The molecule has 3 aliphatic heterocycles. The molecule has 5 aromatic carbocycles. The van der Waals surface area contributed by atoms with Gasteiger partial charge in [0.25, 0.3) is 5.69 Å². The molecule has 60 heavy (non-hydrogen) atoms. The number of nitro groups is 1. The van der Waals surface area contributed by atoms with Gasteiger partial charge in [0.05, 0.1) is 29.3 Å². The fourth-order valence-electron chi connectivity index (χ4n) is 8.87. The molecule has 304 valence electrons. The van der Waals surface area contributed by atoms with E-state index < -0.39 is 64.4 Å². The Kier molecular flexibility index (Phi) is 11.0. The normalized spacial score (nSPS) is 23.0. The van der Waals surface area contributed by atoms with E-state index in [1.165, 1.54) is 30.3 Å². The summed E-state index contributed by atoms with van der Waals surface area (Å²) in [5.74, 6) is -3.65. The molecule has 8 rings (SSSR count). The number of hydrogen-bond donors (Lipinski definition) is 1. The summed E-state index contributed by atoms with van der Waals surface area (Å²) in [7, 11) is 0. The van der Waals surface area contributed by atoms with Crippen LogP contribution >= 0.6 is 0 Å². The Hall–Kier alpha value is -7.16. The van der Waals surface area contributed by atoms with Crippen LogP contribution in [0.1, 0.15) is 46.0 Å². The molecular weight excluding hydrogens is 771 g/mol. The monoisotopic (exact) mass is 809 g/mol. The third-order valence-corrected chi connectivity index (χ3v) is 11.2. The summed E-state index contributed by atoms with van der Waals surface area (Å²) in [5, 5.41) is 20.7. The van der Waals surface area contributed by atoms with Gasteiger partial charge in [0.1, 0.15) is 49.0 Å². The Morgan fingerprint density at radius 3 is 2.12 bits per heavy atom. The number of ether oxygens (including phenoxy) is 4. The zero-order valence-corrected chi connectivity index (χ0v) is 32.1. The molecule has 6 atom stereocenters. The molecule has 0 saturated carbocycles. The molecule has 2 amide bonds. The average molecular weight is 810 g/mol. The van der Waals surface area contributed by atoms with E-state index in [1.54, 1.807) is 48.5 Å². The van der Waals surface area contributed by atoms with Gasteiger partial charge in [-0.1, -0.05) is 104 Å². The number of benzene rings is 5. The minimum Gasteiger partial charge on any atom is -0.491 e. The molecule has 0 unspecified atom stereocenters. The summed E-state index contributed by atoms with van der Waals surface area (Å²) in [6.45, 7) is 2.93. The van der Waals surface area contributed by atoms with Crippen molar-refractivity contribution >= 4 is 35.3 Å². The van der Waals surface area contributed by atoms with Crippen LogP contribution in [0.25, 0.3) is 0 Å². The third-order valence-electron chi connectivity index (χ3n) is 11.2. The molecule has 0 aliphatic carbocycles. The van der Waals surface area contributed by atoms with Crippen molar-refractivity contribution in [2.45, 2.75) is 36.3 Å². The van der Waals surface area contributed by atoms with Gasteiger partial charge in [-0.05, 0) is 58.1 Å². The first-order valence-electron chi connectivity index (χ1n) is 19.2. The summed E-state index contributed by atoms with van der Waals surface area (Å²) >= 11 is 0. The van der Waals surface area contributed by atoms with Crippen LogP contribution in [0.4, 0.5) is 16.2 Å². The summed E-state index contributed by atoms with van der Waals surface area (Å²) < 4.78 is 23.6. The number of aliphatic hydroxyl groups is 1. The Morgan fingerprint density at radius 1 is 0.817 bits per heavy atom. The number of para-hydroxylation sites is 1. The maximum Gasteiger partial charge on any atom is 0.421 e. The van der Waals surface area contributed by atoms with Gasteiger partial charge in [0.2, 0.25) is 5.91 Å². The number of fused-ring (bicyclic) bond motifs is 3. The molecule has 3 aliphatic rings. The fourth-order valence-corrected chi connectivity index (χ4v) is 8.87. The van der Waals surface area contributed by atoms with Crippen LogP contribution in [-0.2, 0) is 40.6 Å². The van der Waals surface area contributed by atoms with E-state index in [-0.39, 0.29) is 43.4 Å². The summed E-state index contributed by atoms with van der Waals surface area (Å²) in [4.78, 5) is 73.4. The van der Waals surface area contributed by atoms with E-state index in [4.69, 9.17) is 18.9 Å². The molecule has 0 aromatic heterocycles. The van der Waals surface area contributed by atoms with Crippen molar-refractivity contribution in [2.24, 2.45) is 5.92 Å². The van der Waals surface area contributed by atoms with Crippen molar-refractivity contribution in [3.8, 4) is 5.75 Å². The van der Waals surface area contributed by atoms with E-state index in [2.05, 4.69) is 6.58 Å². The van der Waals surface area contributed by atoms with E-state index in [9.17, 15) is 29.6 Å². The number of nitrogens with zero attached hydrogens (tertiary/aromatic N) is 3. The van der Waals surface area contributed by atoms with Crippen molar-refractivity contribution in [1.82, 2.24) is 4.90 Å². The van der Waals surface area contributed by atoms with Gasteiger partial charge < -0.3 is 24.1 Å². The number of imide groups is 1. The Morgan fingerprint density at radius 2 is 1.47 bits per heavy atom. The largest absolute Gasteiger partial charge is 0.491 e. The van der Waals surface area contributed by atoms with Crippen molar-refractivity contribution in [3.63, 3.8) is 0 Å². The smallest absolute Gasteiger partial charge is 0.421 e. The first kappa shape index (κ1) is 39.7. The predicted octanol–water partition coefficient (Wildman–Crippen LogP) is 6.70. The van der Waals surface area contributed by atoms with Gasteiger partial charge in [-0.3, -0.25) is 29.4 Å². The molecule has 14 nitrogen and oxygen atoms in total. The Bertz CT molecular complexity index is 2430. The number of carbonyl (C=O) groups excluding carboxylic acids is 4. The molecule has 0 bridgehead atoms.